The van der Waals surface area contributed by atoms with Crippen LogP contribution in [0.15, 0.2) is 47.6 Å². The van der Waals surface area contributed by atoms with Gasteiger partial charge in [-0.05, 0) is 36.2 Å². The van der Waals surface area contributed by atoms with Crippen molar-refractivity contribution in [3.8, 4) is 11.3 Å². The van der Waals surface area contributed by atoms with Gasteiger partial charge in [-0.25, -0.2) is 4.98 Å². The molecule has 0 aliphatic rings. The highest BCUT2D eigenvalue weighted by Gasteiger charge is 2.15. The lowest BCUT2D eigenvalue weighted by Gasteiger charge is -2.01. The molecule has 0 spiro atoms. The van der Waals surface area contributed by atoms with Gasteiger partial charge in [0.25, 0.3) is 0 Å². The van der Waals surface area contributed by atoms with Gasteiger partial charge in [0, 0.05) is 11.3 Å². The molecule has 0 aliphatic heterocycles. The van der Waals surface area contributed by atoms with Crippen LogP contribution in [0.2, 0.25) is 0 Å². The first kappa shape index (κ1) is 12.5. The number of nitroso groups, excluding NO2 is 1. The first-order chi connectivity index (χ1) is 9.74. The van der Waals surface area contributed by atoms with Gasteiger partial charge < -0.3 is 0 Å². The predicted octanol–water partition coefficient (Wildman–Crippen LogP) is 4.27. The third-order valence-corrected chi connectivity index (χ3v) is 3.54. The zero-order valence-corrected chi connectivity index (χ0v) is 11.5. The number of pyridine rings is 1. The normalized spacial score (nSPS) is 10.9. The van der Waals surface area contributed by atoms with Crippen molar-refractivity contribution in [3.05, 3.63) is 58.6 Å². The van der Waals surface area contributed by atoms with Crippen LogP contribution in [0, 0.1) is 11.8 Å². The standard InChI is InChI=1S/C16H15N3O/c1-3-12-7-9-13(10-8-12)15-16(18-20)19-11(2)5-4-6-14(19)17-15/h4-10H,3H2,1-2H3. The highest BCUT2D eigenvalue weighted by atomic mass is 16.3. The lowest BCUT2D eigenvalue weighted by molar-refractivity contribution is 1.08. The number of aryl methyl sites for hydroxylation is 2. The summed E-state index contributed by atoms with van der Waals surface area (Å²) in [4.78, 5) is 15.8. The molecule has 0 saturated heterocycles. The smallest absolute Gasteiger partial charge is 0.209 e. The van der Waals surface area contributed by atoms with Crippen LogP contribution in [0.5, 0.6) is 0 Å². The molecule has 0 N–H and O–H groups in total. The van der Waals surface area contributed by atoms with E-state index in [2.05, 4.69) is 29.2 Å². The van der Waals surface area contributed by atoms with Crippen LogP contribution in [0.25, 0.3) is 16.9 Å². The highest BCUT2D eigenvalue weighted by molar-refractivity contribution is 5.75. The van der Waals surface area contributed by atoms with Crippen LogP contribution in [0.3, 0.4) is 0 Å². The van der Waals surface area contributed by atoms with Gasteiger partial charge in [-0.2, -0.15) is 0 Å². The average molecular weight is 265 g/mol. The molecule has 0 atom stereocenters. The zero-order valence-electron chi connectivity index (χ0n) is 11.5. The van der Waals surface area contributed by atoms with Crippen molar-refractivity contribution in [2.24, 2.45) is 5.18 Å². The van der Waals surface area contributed by atoms with Crippen molar-refractivity contribution in [3.63, 3.8) is 0 Å². The maximum Gasteiger partial charge on any atom is 0.209 e. The number of imidazole rings is 1. The molecule has 0 aliphatic carbocycles. The fourth-order valence-electron chi connectivity index (χ4n) is 2.41. The van der Waals surface area contributed by atoms with Crippen molar-refractivity contribution in [1.82, 2.24) is 9.38 Å². The summed E-state index contributed by atoms with van der Waals surface area (Å²) in [5.41, 5.74) is 4.50. The van der Waals surface area contributed by atoms with Crippen molar-refractivity contribution in [2.75, 3.05) is 0 Å². The van der Waals surface area contributed by atoms with E-state index in [0.717, 1.165) is 23.3 Å². The van der Waals surface area contributed by atoms with E-state index >= 15 is 0 Å². The molecular formula is C16H15N3O. The summed E-state index contributed by atoms with van der Waals surface area (Å²) in [6, 6.07) is 13.8. The molecule has 0 radical (unpaired) electrons. The van der Waals surface area contributed by atoms with Gasteiger partial charge in [-0.15, -0.1) is 4.91 Å². The summed E-state index contributed by atoms with van der Waals surface area (Å²) in [6.07, 6.45) is 0.989. The van der Waals surface area contributed by atoms with E-state index in [0.29, 0.717) is 11.5 Å². The Balaban J connectivity index is 2.24. The number of aromatic nitrogens is 2. The summed E-state index contributed by atoms with van der Waals surface area (Å²) in [5.74, 6) is 0.363. The van der Waals surface area contributed by atoms with Gasteiger partial charge in [0.15, 0.2) is 0 Å². The molecule has 0 bridgehead atoms. The maximum absolute atomic E-state index is 11.2. The van der Waals surface area contributed by atoms with Crippen molar-refractivity contribution in [1.29, 1.82) is 0 Å². The van der Waals surface area contributed by atoms with Gasteiger partial charge in [-0.3, -0.25) is 4.40 Å². The maximum atomic E-state index is 11.2. The number of nitrogens with zero attached hydrogens (tertiary/aromatic N) is 3. The minimum Gasteiger partial charge on any atom is -0.278 e. The Kier molecular flexibility index (Phi) is 3.06. The molecular weight excluding hydrogens is 250 g/mol. The van der Waals surface area contributed by atoms with Gasteiger partial charge >= 0.3 is 0 Å². The van der Waals surface area contributed by atoms with Crippen LogP contribution < -0.4 is 0 Å². The van der Waals surface area contributed by atoms with E-state index in [1.165, 1.54) is 5.56 Å². The first-order valence-electron chi connectivity index (χ1n) is 6.65. The molecule has 0 amide bonds. The van der Waals surface area contributed by atoms with E-state index in [4.69, 9.17) is 0 Å². The molecule has 1 aromatic carbocycles. The second kappa shape index (κ2) is 4.89. The minimum absolute atomic E-state index is 0.363. The van der Waals surface area contributed by atoms with E-state index in [9.17, 15) is 4.91 Å². The van der Waals surface area contributed by atoms with Gasteiger partial charge in [0.05, 0.1) is 0 Å². The third kappa shape index (κ3) is 1.90. The van der Waals surface area contributed by atoms with Crippen LogP contribution in [0.4, 0.5) is 5.82 Å². The number of fused-ring (bicyclic) bond motifs is 1. The van der Waals surface area contributed by atoms with Crippen LogP contribution in [-0.4, -0.2) is 9.38 Å². The Bertz CT molecular complexity index is 772. The lowest BCUT2D eigenvalue weighted by Crippen LogP contribution is -1.88. The molecule has 0 fully saturated rings. The fraction of sp³-hybridized carbons (Fsp3) is 0.188. The Labute approximate surface area is 117 Å². The fourth-order valence-corrected chi connectivity index (χ4v) is 2.41. The van der Waals surface area contributed by atoms with Crippen LogP contribution >= 0.6 is 0 Å². The van der Waals surface area contributed by atoms with Crippen molar-refractivity contribution in [2.45, 2.75) is 20.3 Å². The molecule has 4 nitrogen and oxygen atoms in total. The van der Waals surface area contributed by atoms with Crippen LogP contribution in [0.1, 0.15) is 18.2 Å². The molecule has 3 rings (SSSR count). The largest absolute Gasteiger partial charge is 0.278 e. The summed E-state index contributed by atoms with van der Waals surface area (Å²) < 4.78 is 1.79. The Hall–Kier alpha value is -2.49. The first-order valence-corrected chi connectivity index (χ1v) is 6.65. The molecule has 0 unspecified atom stereocenters. The van der Waals surface area contributed by atoms with Gasteiger partial charge in [0.1, 0.15) is 11.3 Å². The SMILES string of the molecule is CCc1ccc(-c2nc3cccc(C)n3c2N=O)cc1. The second-order valence-electron chi connectivity index (χ2n) is 4.79. The Morgan fingerprint density at radius 2 is 1.90 bits per heavy atom. The number of hydrogen-bond donors (Lipinski definition) is 0. The molecule has 3 aromatic rings. The summed E-state index contributed by atoms with van der Waals surface area (Å²) >= 11 is 0. The van der Waals surface area contributed by atoms with Gasteiger partial charge in [-0.1, -0.05) is 37.3 Å². The minimum atomic E-state index is 0.363. The molecule has 0 saturated carbocycles. The molecule has 2 aromatic heterocycles. The highest BCUT2D eigenvalue weighted by Crippen LogP contribution is 2.31. The topological polar surface area (TPSA) is 46.7 Å². The third-order valence-electron chi connectivity index (χ3n) is 3.54. The number of benzene rings is 1. The summed E-state index contributed by atoms with van der Waals surface area (Å²) in [7, 11) is 0. The lowest BCUT2D eigenvalue weighted by atomic mass is 10.1. The van der Waals surface area contributed by atoms with E-state index in [1.54, 1.807) is 4.40 Å². The molecule has 100 valence electrons. The second-order valence-corrected chi connectivity index (χ2v) is 4.79. The van der Waals surface area contributed by atoms with Gasteiger partial charge in [0.2, 0.25) is 5.82 Å². The van der Waals surface area contributed by atoms with E-state index < -0.39 is 0 Å². The predicted molar refractivity (Wildman–Crippen MR) is 80.2 cm³/mol. The molecule has 4 heteroatoms. The monoisotopic (exact) mass is 265 g/mol. The zero-order chi connectivity index (χ0) is 14.1. The Morgan fingerprint density at radius 3 is 2.55 bits per heavy atom. The average Bonchev–Trinajstić information content (AvgIpc) is 2.87. The summed E-state index contributed by atoms with van der Waals surface area (Å²) in [6.45, 7) is 4.05. The van der Waals surface area contributed by atoms with Crippen molar-refractivity contribution >= 4 is 11.5 Å². The summed E-state index contributed by atoms with van der Waals surface area (Å²) in [5, 5.41) is 3.19. The van der Waals surface area contributed by atoms with E-state index in [1.807, 2.05) is 37.3 Å². The van der Waals surface area contributed by atoms with Crippen molar-refractivity contribution < 1.29 is 0 Å². The van der Waals surface area contributed by atoms with E-state index in [-0.39, 0.29) is 0 Å². The molecule has 20 heavy (non-hydrogen) atoms. The number of hydrogen-bond acceptors (Lipinski definition) is 3. The quantitative estimate of drug-likeness (QED) is 0.664. The Morgan fingerprint density at radius 1 is 1.15 bits per heavy atom. The number of rotatable bonds is 3. The van der Waals surface area contributed by atoms with Crippen LogP contribution in [-0.2, 0) is 6.42 Å². The molecule has 2 heterocycles.